The van der Waals surface area contributed by atoms with E-state index in [9.17, 15) is 4.79 Å². The van der Waals surface area contributed by atoms with Crippen LogP contribution in [-0.4, -0.2) is 82.5 Å². The van der Waals surface area contributed by atoms with Crippen molar-refractivity contribution in [2.24, 2.45) is 7.05 Å². The molecule has 11 heteroatoms. The van der Waals surface area contributed by atoms with E-state index in [4.69, 9.17) is 9.72 Å². The fourth-order valence-electron chi connectivity index (χ4n) is 5.22. The average Bonchev–Trinajstić information content (AvgIpc) is 3.60. The molecule has 2 saturated heterocycles. The Labute approximate surface area is 209 Å². The third kappa shape index (κ3) is 4.03. The SMILES string of the molecule is CNC1CCN(c2ccc(C(=O)Nc3cn4cc(C)nc4c(N4CCOCC4)n3)c3nn(C)cc23)C1. The zero-order valence-corrected chi connectivity index (χ0v) is 20.9. The van der Waals surface area contributed by atoms with Crippen LogP contribution in [0.3, 0.4) is 0 Å². The third-order valence-corrected chi connectivity index (χ3v) is 7.04. The van der Waals surface area contributed by atoms with Crippen LogP contribution in [0.15, 0.2) is 30.7 Å². The van der Waals surface area contributed by atoms with Crippen LogP contribution in [0.1, 0.15) is 22.5 Å². The fraction of sp³-hybridized carbons (Fsp3) is 0.440. The van der Waals surface area contributed by atoms with E-state index < -0.39 is 0 Å². The Balaban J connectivity index is 1.34. The Morgan fingerprint density at radius 3 is 2.69 bits per heavy atom. The first-order valence-electron chi connectivity index (χ1n) is 12.4. The number of carbonyl (C=O) groups excluding carboxylic acids is 1. The molecule has 5 heterocycles. The lowest BCUT2D eigenvalue weighted by atomic mass is 10.1. The van der Waals surface area contributed by atoms with E-state index in [1.165, 1.54) is 0 Å². The van der Waals surface area contributed by atoms with Gasteiger partial charge in [0.05, 0.1) is 30.7 Å². The smallest absolute Gasteiger partial charge is 0.259 e. The highest BCUT2D eigenvalue weighted by Crippen LogP contribution is 2.32. The molecule has 0 saturated carbocycles. The lowest BCUT2D eigenvalue weighted by Crippen LogP contribution is -2.37. The summed E-state index contributed by atoms with van der Waals surface area (Å²) in [5, 5.41) is 12.0. The number of rotatable bonds is 5. The number of aryl methyl sites for hydroxylation is 2. The number of imidazole rings is 1. The van der Waals surface area contributed by atoms with Crippen LogP contribution in [0.4, 0.5) is 17.3 Å². The van der Waals surface area contributed by atoms with Crippen molar-refractivity contribution in [3.05, 3.63) is 42.0 Å². The van der Waals surface area contributed by atoms with Crippen molar-refractivity contribution in [3.63, 3.8) is 0 Å². The molecular formula is C25H31N9O2. The Hall–Kier alpha value is -3.70. The quantitative estimate of drug-likeness (QED) is 0.437. The van der Waals surface area contributed by atoms with E-state index in [0.29, 0.717) is 36.2 Å². The van der Waals surface area contributed by atoms with Gasteiger partial charge in [0.15, 0.2) is 17.3 Å². The molecule has 11 nitrogen and oxygen atoms in total. The number of nitrogens with one attached hydrogen (secondary N) is 2. The maximum atomic E-state index is 13.5. The highest BCUT2D eigenvalue weighted by molar-refractivity contribution is 6.13. The number of fused-ring (bicyclic) bond motifs is 2. The topological polar surface area (TPSA) is 105 Å². The van der Waals surface area contributed by atoms with E-state index in [2.05, 4.69) is 30.5 Å². The van der Waals surface area contributed by atoms with Crippen LogP contribution in [-0.2, 0) is 11.8 Å². The first kappa shape index (κ1) is 22.7. The zero-order valence-electron chi connectivity index (χ0n) is 20.9. The number of ether oxygens (including phenoxy) is 1. The predicted molar refractivity (Wildman–Crippen MR) is 139 cm³/mol. The van der Waals surface area contributed by atoms with E-state index in [1.807, 2.05) is 56.1 Å². The number of carbonyl (C=O) groups is 1. The zero-order chi connectivity index (χ0) is 24.8. The first-order chi connectivity index (χ1) is 17.5. The van der Waals surface area contributed by atoms with E-state index in [-0.39, 0.29) is 5.91 Å². The Morgan fingerprint density at radius 1 is 1.08 bits per heavy atom. The van der Waals surface area contributed by atoms with Gasteiger partial charge in [-0.2, -0.15) is 5.10 Å². The van der Waals surface area contributed by atoms with Crippen LogP contribution < -0.4 is 20.4 Å². The van der Waals surface area contributed by atoms with Crippen LogP contribution in [0, 0.1) is 6.92 Å². The van der Waals surface area contributed by atoms with Gasteiger partial charge in [-0.15, -0.1) is 0 Å². The van der Waals surface area contributed by atoms with Crippen molar-refractivity contribution < 1.29 is 9.53 Å². The van der Waals surface area contributed by atoms with Crippen molar-refractivity contribution in [1.82, 2.24) is 29.5 Å². The molecule has 1 atom stereocenters. The molecule has 0 spiro atoms. The van der Waals surface area contributed by atoms with Crippen LogP contribution in [0.5, 0.6) is 0 Å². The van der Waals surface area contributed by atoms with Gasteiger partial charge in [0, 0.05) is 62.7 Å². The molecule has 2 fully saturated rings. The van der Waals surface area contributed by atoms with Crippen LogP contribution in [0.2, 0.25) is 0 Å². The standard InChI is InChI=1S/C25H31N9O2/c1-16-12-34-15-21(28-24(23(34)27-16)32-8-10-36-11-9-32)29-25(35)18-4-5-20(19-14-31(3)30-22(18)19)33-7-6-17(13-33)26-2/h4-5,12,14-15,17,26H,6-11,13H2,1-3H3,(H,29,35). The predicted octanol–water partition coefficient (Wildman–Crippen LogP) is 1.81. The molecule has 188 valence electrons. The van der Waals surface area contributed by atoms with Crippen molar-refractivity contribution >= 4 is 39.8 Å². The highest BCUT2D eigenvalue weighted by Gasteiger charge is 2.25. The monoisotopic (exact) mass is 489 g/mol. The maximum Gasteiger partial charge on any atom is 0.259 e. The van der Waals surface area contributed by atoms with Crippen LogP contribution >= 0.6 is 0 Å². The number of hydrogen-bond acceptors (Lipinski definition) is 8. The summed E-state index contributed by atoms with van der Waals surface area (Å²) in [6.07, 6.45) is 6.83. The first-order valence-corrected chi connectivity index (χ1v) is 12.4. The van der Waals surface area contributed by atoms with Gasteiger partial charge in [-0.05, 0) is 32.5 Å². The summed E-state index contributed by atoms with van der Waals surface area (Å²) in [6, 6.07) is 4.37. The summed E-state index contributed by atoms with van der Waals surface area (Å²) < 4.78 is 9.20. The van der Waals surface area contributed by atoms with E-state index >= 15 is 0 Å². The minimum absolute atomic E-state index is 0.239. The number of morpholine rings is 1. The van der Waals surface area contributed by atoms with Gasteiger partial charge in [0.2, 0.25) is 0 Å². The lowest BCUT2D eigenvalue weighted by Gasteiger charge is -2.28. The number of hydrogen-bond donors (Lipinski definition) is 2. The molecule has 2 N–H and O–H groups in total. The van der Waals surface area contributed by atoms with Gasteiger partial charge in [0.25, 0.3) is 5.91 Å². The van der Waals surface area contributed by atoms with Gasteiger partial charge >= 0.3 is 0 Å². The summed E-state index contributed by atoms with van der Waals surface area (Å²) in [7, 11) is 3.89. The number of anilines is 3. The molecule has 36 heavy (non-hydrogen) atoms. The summed E-state index contributed by atoms with van der Waals surface area (Å²) in [6.45, 7) is 6.59. The molecule has 0 aliphatic carbocycles. The van der Waals surface area contributed by atoms with Crippen molar-refractivity contribution in [1.29, 1.82) is 0 Å². The Kier molecular flexibility index (Phi) is 5.73. The molecule has 0 bridgehead atoms. The second-order valence-electron chi connectivity index (χ2n) is 9.53. The van der Waals surface area contributed by atoms with E-state index in [1.54, 1.807) is 4.68 Å². The van der Waals surface area contributed by atoms with Crippen molar-refractivity contribution in [2.75, 3.05) is 61.6 Å². The molecule has 4 aromatic rings. The molecule has 2 aliphatic rings. The summed E-state index contributed by atoms with van der Waals surface area (Å²) in [5.41, 5.74) is 3.98. The largest absolute Gasteiger partial charge is 0.378 e. The second kappa shape index (κ2) is 9.07. The fourth-order valence-corrected chi connectivity index (χ4v) is 5.22. The normalized spacial score (nSPS) is 18.5. The van der Waals surface area contributed by atoms with E-state index in [0.717, 1.165) is 60.8 Å². The second-order valence-corrected chi connectivity index (χ2v) is 9.53. The van der Waals surface area contributed by atoms with Gasteiger partial charge in [0.1, 0.15) is 5.52 Å². The molecule has 1 aromatic carbocycles. The van der Waals surface area contributed by atoms with Gasteiger partial charge in [-0.3, -0.25) is 9.48 Å². The van der Waals surface area contributed by atoms with Crippen molar-refractivity contribution in [3.8, 4) is 0 Å². The highest BCUT2D eigenvalue weighted by atomic mass is 16.5. The molecule has 1 unspecified atom stereocenters. The molecule has 6 rings (SSSR count). The minimum atomic E-state index is -0.239. The number of amides is 1. The summed E-state index contributed by atoms with van der Waals surface area (Å²) in [5.74, 6) is 0.975. The molecular weight excluding hydrogens is 458 g/mol. The molecule has 2 aliphatic heterocycles. The molecule has 1 amide bonds. The number of nitrogens with zero attached hydrogens (tertiary/aromatic N) is 7. The van der Waals surface area contributed by atoms with Gasteiger partial charge in [-0.25, -0.2) is 9.97 Å². The summed E-state index contributed by atoms with van der Waals surface area (Å²) in [4.78, 5) is 27.5. The average molecular weight is 490 g/mol. The number of likely N-dealkylation sites (N-methyl/N-ethyl adjacent to an activating group) is 1. The van der Waals surface area contributed by atoms with Gasteiger partial charge in [-0.1, -0.05) is 0 Å². The molecule has 3 aromatic heterocycles. The third-order valence-electron chi connectivity index (χ3n) is 7.04. The number of aromatic nitrogens is 5. The van der Waals surface area contributed by atoms with Crippen LogP contribution in [0.25, 0.3) is 16.6 Å². The molecule has 0 radical (unpaired) electrons. The minimum Gasteiger partial charge on any atom is -0.378 e. The maximum absolute atomic E-state index is 13.5. The summed E-state index contributed by atoms with van der Waals surface area (Å²) >= 11 is 0. The number of benzene rings is 1. The Bertz CT molecular complexity index is 1440. The Morgan fingerprint density at radius 2 is 1.92 bits per heavy atom. The van der Waals surface area contributed by atoms with Crippen molar-refractivity contribution in [2.45, 2.75) is 19.4 Å². The lowest BCUT2D eigenvalue weighted by molar-refractivity contribution is 0.102. The van der Waals surface area contributed by atoms with Gasteiger partial charge < -0.3 is 29.6 Å².